The van der Waals surface area contributed by atoms with Gasteiger partial charge in [0.2, 0.25) is 0 Å². The Bertz CT molecular complexity index is 368. The van der Waals surface area contributed by atoms with Gasteiger partial charge in [0, 0.05) is 36.8 Å². The van der Waals surface area contributed by atoms with Crippen molar-refractivity contribution in [1.82, 2.24) is 15.6 Å². The van der Waals surface area contributed by atoms with E-state index in [2.05, 4.69) is 34.6 Å². The molecule has 2 rings (SSSR count). The quantitative estimate of drug-likeness (QED) is 0.462. The minimum absolute atomic E-state index is 0.148. The molecule has 2 N–H and O–H groups in total. The second-order valence-corrected chi connectivity index (χ2v) is 6.74. The maximum absolute atomic E-state index is 11.8. The number of hydrogen-bond acceptors (Lipinski definition) is 3. The first-order valence-electron chi connectivity index (χ1n) is 7.82. The molecule has 1 saturated carbocycles. The molecule has 2 amide bonds. The van der Waals surface area contributed by atoms with Gasteiger partial charge in [-0.05, 0) is 33.6 Å². The lowest BCUT2D eigenvalue weighted by Gasteiger charge is -2.26. The lowest BCUT2D eigenvalue weighted by Crippen LogP contribution is -2.41. The van der Waals surface area contributed by atoms with E-state index in [1.807, 2.05) is 6.92 Å². The van der Waals surface area contributed by atoms with E-state index in [1.54, 1.807) is 0 Å². The first-order chi connectivity index (χ1) is 9.47. The predicted octanol–water partition coefficient (Wildman–Crippen LogP) is 2.48. The molecule has 1 aliphatic heterocycles. The molecule has 0 aromatic heterocycles. The van der Waals surface area contributed by atoms with Crippen LogP contribution in [0, 0.1) is 0 Å². The molecule has 0 radical (unpaired) electrons. The monoisotopic (exact) mass is 280 g/mol. The predicted molar refractivity (Wildman–Crippen MR) is 81.9 cm³/mol. The molecule has 5 heteroatoms. The summed E-state index contributed by atoms with van der Waals surface area (Å²) in [4.78, 5) is 14.2. The highest BCUT2D eigenvalue weighted by Crippen LogP contribution is 2.25. The van der Waals surface area contributed by atoms with Crippen LogP contribution in [-0.4, -0.2) is 41.3 Å². The van der Waals surface area contributed by atoms with Crippen LogP contribution in [0.1, 0.15) is 59.3 Å². The van der Waals surface area contributed by atoms with Gasteiger partial charge in [0.25, 0.3) is 0 Å². The summed E-state index contributed by atoms with van der Waals surface area (Å²) in [6, 6.07) is 0.161. The molecule has 114 valence electrons. The van der Waals surface area contributed by atoms with Crippen molar-refractivity contribution >= 4 is 11.7 Å². The van der Waals surface area contributed by atoms with E-state index in [1.165, 1.54) is 32.4 Å². The lowest BCUT2D eigenvalue weighted by molar-refractivity contribution is 0.233. The Balaban J connectivity index is 1.71. The largest absolute Gasteiger partial charge is 0.335 e. The van der Waals surface area contributed by atoms with Crippen LogP contribution in [0.15, 0.2) is 5.10 Å². The number of urea groups is 1. The van der Waals surface area contributed by atoms with Gasteiger partial charge in [-0.25, -0.2) is 10.2 Å². The Labute approximate surface area is 122 Å². The van der Waals surface area contributed by atoms with Crippen molar-refractivity contribution < 1.29 is 4.79 Å². The lowest BCUT2D eigenvalue weighted by atomic mass is 9.96. The number of hydrazone groups is 1. The molecule has 1 saturated heterocycles. The Morgan fingerprint density at radius 2 is 1.90 bits per heavy atom. The first kappa shape index (κ1) is 15.3. The smallest absolute Gasteiger partial charge is 0.334 e. The maximum atomic E-state index is 11.8. The van der Waals surface area contributed by atoms with Gasteiger partial charge in [0.1, 0.15) is 0 Å². The number of rotatable bonds is 5. The summed E-state index contributed by atoms with van der Waals surface area (Å²) in [5.41, 5.74) is 3.75. The standard InChI is InChI=1S/C15H28N4O/c1-12(11-15(2,3)19-9-10-19)17-18-14(20)16-13-7-5-4-6-8-13/h13H,4-11H2,1-3H3,(H2,16,18,20)/b17-12-. The van der Waals surface area contributed by atoms with Crippen LogP contribution in [-0.2, 0) is 0 Å². The Kier molecular flexibility index (Phi) is 5.02. The van der Waals surface area contributed by atoms with Gasteiger partial charge < -0.3 is 5.32 Å². The van der Waals surface area contributed by atoms with Gasteiger partial charge in [-0.1, -0.05) is 19.3 Å². The van der Waals surface area contributed by atoms with Crippen molar-refractivity contribution in [2.45, 2.75) is 70.9 Å². The number of nitrogens with one attached hydrogen (secondary N) is 2. The Morgan fingerprint density at radius 1 is 1.25 bits per heavy atom. The normalized spacial score (nSPS) is 21.6. The van der Waals surface area contributed by atoms with Gasteiger partial charge in [-0.2, -0.15) is 5.10 Å². The number of nitrogens with zero attached hydrogens (tertiary/aromatic N) is 2. The van der Waals surface area contributed by atoms with Crippen molar-refractivity contribution in [2.75, 3.05) is 13.1 Å². The van der Waals surface area contributed by atoms with E-state index < -0.39 is 0 Å². The molecule has 0 spiro atoms. The topological polar surface area (TPSA) is 56.5 Å². The van der Waals surface area contributed by atoms with E-state index >= 15 is 0 Å². The highest BCUT2D eigenvalue weighted by atomic mass is 16.2. The van der Waals surface area contributed by atoms with Crippen LogP contribution >= 0.6 is 0 Å². The molecule has 20 heavy (non-hydrogen) atoms. The van der Waals surface area contributed by atoms with Crippen LogP contribution < -0.4 is 10.7 Å². The van der Waals surface area contributed by atoms with Crippen molar-refractivity contribution in [2.24, 2.45) is 5.10 Å². The van der Waals surface area contributed by atoms with Gasteiger partial charge >= 0.3 is 6.03 Å². The molecular formula is C15H28N4O. The van der Waals surface area contributed by atoms with Gasteiger partial charge in [-0.15, -0.1) is 0 Å². The number of amides is 2. The van der Waals surface area contributed by atoms with Crippen molar-refractivity contribution in [1.29, 1.82) is 0 Å². The zero-order valence-electron chi connectivity index (χ0n) is 13.0. The molecule has 0 atom stereocenters. The van der Waals surface area contributed by atoms with Crippen molar-refractivity contribution in [3.05, 3.63) is 0 Å². The molecule has 0 aromatic carbocycles. The van der Waals surface area contributed by atoms with Crippen molar-refractivity contribution in [3.63, 3.8) is 0 Å². The van der Waals surface area contributed by atoms with E-state index in [9.17, 15) is 4.79 Å². The molecule has 1 aliphatic carbocycles. The summed E-state index contributed by atoms with van der Waals surface area (Å²) in [7, 11) is 0. The number of carbonyl (C=O) groups excluding carboxylic acids is 1. The highest BCUT2D eigenvalue weighted by Gasteiger charge is 2.34. The maximum Gasteiger partial charge on any atom is 0.335 e. The fraction of sp³-hybridized carbons (Fsp3) is 0.867. The van der Waals surface area contributed by atoms with E-state index in [-0.39, 0.29) is 11.6 Å². The molecular weight excluding hydrogens is 252 g/mol. The Morgan fingerprint density at radius 3 is 2.50 bits per heavy atom. The fourth-order valence-electron chi connectivity index (χ4n) is 3.04. The third-order valence-electron chi connectivity index (χ3n) is 4.28. The minimum atomic E-state index is -0.166. The van der Waals surface area contributed by atoms with Gasteiger partial charge in [0.05, 0.1) is 0 Å². The van der Waals surface area contributed by atoms with E-state index in [0.29, 0.717) is 6.04 Å². The average Bonchev–Trinajstić information content (AvgIpc) is 3.22. The number of hydrogen-bond donors (Lipinski definition) is 2. The van der Waals surface area contributed by atoms with Crippen LogP contribution in [0.5, 0.6) is 0 Å². The zero-order valence-corrected chi connectivity index (χ0v) is 13.0. The summed E-state index contributed by atoms with van der Waals surface area (Å²) < 4.78 is 0. The summed E-state index contributed by atoms with van der Waals surface area (Å²) in [6.45, 7) is 8.78. The highest BCUT2D eigenvalue weighted by molar-refractivity contribution is 5.84. The number of carbonyl (C=O) groups is 1. The fourth-order valence-corrected chi connectivity index (χ4v) is 3.04. The first-order valence-corrected chi connectivity index (χ1v) is 7.82. The molecule has 2 aliphatic rings. The van der Waals surface area contributed by atoms with E-state index in [0.717, 1.165) is 25.0 Å². The van der Waals surface area contributed by atoms with Crippen LogP contribution in [0.3, 0.4) is 0 Å². The molecule has 0 bridgehead atoms. The van der Waals surface area contributed by atoms with Gasteiger partial charge in [0.15, 0.2) is 0 Å². The SMILES string of the molecule is C/C(CC(C)(C)N1CC1)=N/NC(=O)NC1CCCCC1. The van der Waals surface area contributed by atoms with Crippen LogP contribution in [0.2, 0.25) is 0 Å². The Hall–Kier alpha value is -1.10. The van der Waals surface area contributed by atoms with Gasteiger partial charge in [-0.3, -0.25) is 4.90 Å². The third-order valence-corrected chi connectivity index (χ3v) is 4.28. The summed E-state index contributed by atoms with van der Waals surface area (Å²) in [5.74, 6) is 0. The average molecular weight is 280 g/mol. The minimum Gasteiger partial charge on any atom is -0.334 e. The molecule has 0 aromatic rings. The molecule has 5 nitrogen and oxygen atoms in total. The third kappa shape index (κ3) is 4.78. The summed E-state index contributed by atoms with van der Waals surface area (Å²) >= 11 is 0. The van der Waals surface area contributed by atoms with E-state index in [4.69, 9.17) is 0 Å². The second kappa shape index (κ2) is 6.57. The molecule has 1 heterocycles. The summed E-state index contributed by atoms with van der Waals surface area (Å²) in [6.07, 6.45) is 6.81. The second-order valence-electron chi connectivity index (χ2n) is 6.74. The molecule has 2 fully saturated rings. The zero-order chi connectivity index (χ0) is 14.6. The van der Waals surface area contributed by atoms with Crippen LogP contribution in [0.25, 0.3) is 0 Å². The summed E-state index contributed by atoms with van der Waals surface area (Å²) in [5, 5.41) is 7.22. The molecule has 0 unspecified atom stereocenters. The van der Waals surface area contributed by atoms with Crippen molar-refractivity contribution in [3.8, 4) is 0 Å². The van der Waals surface area contributed by atoms with Crippen LogP contribution in [0.4, 0.5) is 4.79 Å².